The second-order valence-electron chi connectivity index (χ2n) is 4.81. The van der Waals surface area contributed by atoms with Gasteiger partial charge in [-0.05, 0) is 16.3 Å². The molecule has 98 valence electrons. The smallest absolute Gasteiger partial charge is 0.318 e. The van der Waals surface area contributed by atoms with Gasteiger partial charge in [0.15, 0.2) is 0 Å². The van der Waals surface area contributed by atoms with Gasteiger partial charge in [-0.3, -0.25) is 0 Å². The van der Waals surface area contributed by atoms with Gasteiger partial charge in [0.05, 0.1) is 6.04 Å². The van der Waals surface area contributed by atoms with Crippen molar-refractivity contribution in [2.75, 3.05) is 19.6 Å². The highest BCUT2D eigenvalue weighted by Crippen LogP contribution is 2.27. The summed E-state index contributed by atoms with van der Waals surface area (Å²) in [6, 6.07) is 14.5. The van der Waals surface area contributed by atoms with Crippen molar-refractivity contribution in [1.82, 2.24) is 10.2 Å². The number of nitrogens with one attached hydrogen (secondary N) is 1. The van der Waals surface area contributed by atoms with Crippen molar-refractivity contribution < 1.29 is 4.79 Å². The van der Waals surface area contributed by atoms with Crippen molar-refractivity contribution >= 4 is 16.8 Å². The second kappa shape index (κ2) is 4.90. The van der Waals surface area contributed by atoms with Crippen molar-refractivity contribution in [1.29, 1.82) is 0 Å². The number of fused-ring (bicyclic) bond motifs is 1. The number of carbonyl (C=O) groups excluding carboxylic acids is 1. The van der Waals surface area contributed by atoms with Crippen molar-refractivity contribution in [2.45, 2.75) is 6.04 Å². The molecule has 1 fully saturated rings. The lowest BCUT2D eigenvalue weighted by atomic mass is 9.99. The largest absolute Gasteiger partial charge is 0.329 e. The van der Waals surface area contributed by atoms with Crippen LogP contribution in [0.3, 0.4) is 0 Å². The lowest BCUT2D eigenvalue weighted by molar-refractivity contribution is 0.218. The van der Waals surface area contributed by atoms with Gasteiger partial charge in [-0.2, -0.15) is 0 Å². The Balaban J connectivity index is 1.95. The van der Waals surface area contributed by atoms with Gasteiger partial charge >= 0.3 is 6.03 Å². The molecule has 3 rings (SSSR count). The zero-order valence-corrected chi connectivity index (χ0v) is 10.7. The number of nitrogens with zero attached hydrogens (tertiary/aromatic N) is 1. The van der Waals surface area contributed by atoms with E-state index in [-0.39, 0.29) is 12.1 Å². The Morgan fingerprint density at radius 1 is 1.21 bits per heavy atom. The predicted octanol–water partition coefficient (Wildman–Crippen LogP) is 1.86. The van der Waals surface area contributed by atoms with E-state index in [0.717, 1.165) is 0 Å². The Hall–Kier alpha value is -2.07. The number of hydrogen-bond acceptors (Lipinski definition) is 2. The fraction of sp³-hybridized carbons (Fsp3) is 0.267. The lowest BCUT2D eigenvalue weighted by Crippen LogP contribution is -2.32. The summed E-state index contributed by atoms with van der Waals surface area (Å²) in [7, 11) is 0. The monoisotopic (exact) mass is 255 g/mol. The van der Waals surface area contributed by atoms with E-state index in [0.29, 0.717) is 19.6 Å². The van der Waals surface area contributed by atoms with Gasteiger partial charge in [0.25, 0.3) is 0 Å². The van der Waals surface area contributed by atoms with Crippen molar-refractivity contribution in [3.63, 3.8) is 0 Å². The summed E-state index contributed by atoms with van der Waals surface area (Å²) in [6.07, 6.45) is 0. The van der Waals surface area contributed by atoms with E-state index in [9.17, 15) is 4.79 Å². The molecule has 0 saturated carbocycles. The molecule has 4 heteroatoms. The summed E-state index contributed by atoms with van der Waals surface area (Å²) in [4.78, 5) is 13.6. The lowest BCUT2D eigenvalue weighted by Gasteiger charge is -2.14. The van der Waals surface area contributed by atoms with E-state index in [1.165, 1.54) is 16.3 Å². The van der Waals surface area contributed by atoms with Crippen molar-refractivity contribution in [3.05, 3.63) is 48.0 Å². The summed E-state index contributed by atoms with van der Waals surface area (Å²) < 4.78 is 0. The minimum absolute atomic E-state index is 0.0246. The average molecular weight is 255 g/mol. The van der Waals surface area contributed by atoms with Crippen LogP contribution in [0.4, 0.5) is 4.79 Å². The first-order valence-corrected chi connectivity index (χ1v) is 6.53. The number of urea groups is 1. The van der Waals surface area contributed by atoms with Crippen LogP contribution in [0.2, 0.25) is 0 Å². The fourth-order valence-electron chi connectivity index (χ4n) is 2.67. The van der Waals surface area contributed by atoms with Gasteiger partial charge in [-0.15, -0.1) is 0 Å². The summed E-state index contributed by atoms with van der Waals surface area (Å²) in [5.41, 5.74) is 6.70. The number of rotatable bonds is 3. The van der Waals surface area contributed by atoms with Gasteiger partial charge in [0.2, 0.25) is 0 Å². The van der Waals surface area contributed by atoms with Crippen LogP contribution in [0.15, 0.2) is 42.5 Å². The first kappa shape index (κ1) is 12.0. The number of nitrogens with two attached hydrogens (primary N) is 1. The normalized spacial score (nSPS) is 18.9. The molecule has 1 saturated heterocycles. The third-order valence-corrected chi connectivity index (χ3v) is 3.59. The van der Waals surface area contributed by atoms with Crippen LogP contribution in [0.25, 0.3) is 10.8 Å². The number of hydrogen-bond donors (Lipinski definition) is 2. The Morgan fingerprint density at radius 2 is 2.00 bits per heavy atom. The molecule has 3 N–H and O–H groups in total. The summed E-state index contributed by atoms with van der Waals surface area (Å²) >= 11 is 0. The molecule has 19 heavy (non-hydrogen) atoms. The highest BCUT2D eigenvalue weighted by Gasteiger charge is 2.29. The molecule has 1 aliphatic heterocycles. The Bertz CT molecular complexity index is 606. The Labute approximate surface area is 112 Å². The number of carbonyl (C=O) groups is 1. The Kier molecular flexibility index (Phi) is 3.09. The van der Waals surface area contributed by atoms with Crippen LogP contribution < -0.4 is 11.1 Å². The molecular formula is C15H17N3O. The molecule has 0 radical (unpaired) electrons. The molecular weight excluding hydrogens is 238 g/mol. The van der Waals surface area contributed by atoms with Crippen LogP contribution >= 0.6 is 0 Å². The van der Waals surface area contributed by atoms with E-state index in [2.05, 4.69) is 29.6 Å². The molecule has 0 aromatic heterocycles. The van der Waals surface area contributed by atoms with Gasteiger partial charge < -0.3 is 16.0 Å². The first-order chi connectivity index (χ1) is 9.29. The molecule has 2 aromatic carbocycles. The second-order valence-corrected chi connectivity index (χ2v) is 4.81. The van der Waals surface area contributed by atoms with Crippen molar-refractivity contribution in [2.24, 2.45) is 5.73 Å². The maximum absolute atomic E-state index is 11.8. The van der Waals surface area contributed by atoms with Gasteiger partial charge in [-0.25, -0.2) is 4.79 Å². The molecule has 1 aliphatic rings. The molecule has 1 heterocycles. The highest BCUT2D eigenvalue weighted by atomic mass is 16.2. The number of amides is 2. The maximum atomic E-state index is 11.8. The quantitative estimate of drug-likeness (QED) is 0.879. The maximum Gasteiger partial charge on any atom is 0.318 e. The van der Waals surface area contributed by atoms with Gasteiger partial charge in [0, 0.05) is 19.6 Å². The van der Waals surface area contributed by atoms with Crippen LogP contribution in [0, 0.1) is 0 Å². The topological polar surface area (TPSA) is 58.4 Å². The van der Waals surface area contributed by atoms with Crippen molar-refractivity contribution in [3.8, 4) is 0 Å². The molecule has 2 amide bonds. The summed E-state index contributed by atoms with van der Waals surface area (Å²) in [5, 5.41) is 5.43. The molecule has 1 atom stereocenters. The third kappa shape index (κ3) is 2.15. The molecule has 0 aliphatic carbocycles. The van der Waals surface area contributed by atoms with Crippen LogP contribution in [0.1, 0.15) is 11.6 Å². The average Bonchev–Trinajstić information content (AvgIpc) is 2.80. The zero-order valence-electron chi connectivity index (χ0n) is 10.7. The Morgan fingerprint density at radius 3 is 2.84 bits per heavy atom. The van der Waals surface area contributed by atoms with E-state index in [1.54, 1.807) is 4.90 Å². The number of benzene rings is 2. The first-order valence-electron chi connectivity index (χ1n) is 6.53. The minimum atomic E-state index is -0.0246. The predicted molar refractivity (Wildman–Crippen MR) is 75.8 cm³/mol. The highest BCUT2D eigenvalue weighted by molar-refractivity contribution is 5.87. The zero-order chi connectivity index (χ0) is 13.2. The van der Waals surface area contributed by atoms with Crippen LogP contribution in [-0.4, -0.2) is 30.6 Å². The summed E-state index contributed by atoms with van der Waals surface area (Å²) in [6.45, 7) is 1.78. The fourth-order valence-corrected chi connectivity index (χ4v) is 2.67. The third-order valence-electron chi connectivity index (χ3n) is 3.59. The molecule has 1 unspecified atom stereocenters. The SMILES string of the molecule is NCCN1CC(c2cccc3ccccc23)NC1=O. The standard InChI is InChI=1S/C15H17N3O/c16-8-9-18-10-14(17-15(18)19)13-7-3-5-11-4-1-2-6-12(11)13/h1-7,14H,8-10,16H2,(H,17,19). The molecule has 4 nitrogen and oxygen atoms in total. The molecule has 0 spiro atoms. The van der Waals surface area contributed by atoms with Gasteiger partial charge in [-0.1, -0.05) is 42.5 Å². The van der Waals surface area contributed by atoms with E-state index in [1.807, 2.05) is 18.2 Å². The summed E-state index contributed by atoms with van der Waals surface area (Å²) in [5.74, 6) is 0. The van der Waals surface area contributed by atoms with E-state index >= 15 is 0 Å². The van der Waals surface area contributed by atoms with E-state index < -0.39 is 0 Å². The van der Waals surface area contributed by atoms with Gasteiger partial charge in [0.1, 0.15) is 0 Å². The minimum Gasteiger partial charge on any atom is -0.329 e. The van der Waals surface area contributed by atoms with E-state index in [4.69, 9.17) is 5.73 Å². The molecule has 2 aromatic rings. The van der Waals surface area contributed by atoms with Crippen LogP contribution in [0.5, 0.6) is 0 Å². The molecule has 0 bridgehead atoms. The van der Waals surface area contributed by atoms with Crippen LogP contribution in [-0.2, 0) is 0 Å².